The van der Waals surface area contributed by atoms with Crippen molar-refractivity contribution in [2.24, 2.45) is 0 Å². The summed E-state index contributed by atoms with van der Waals surface area (Å²) in [4.78, 5) is 26.8. The Morgan fingerprint density at radius 2 is 1.97 bits per heavy atom. The molecule has 1 saturated heterocycles. The molecule has 0 aliphatic carbocycles. The summed E-state index contributed by atoms with van der Waals surface area (Å²) in [6, 6.07) is 13.6. The van der Waals surface area contributed by atoms with Gasteiger partial charge in [0.15, 0.2) is 0 Å². The summed E-state index contributed by atoms with van der Waals surface area (Å²) >= 11 is 5.90. The highest BCUT2D eigenvalue weighted by Crippen LogP contribution is 2.30. The molecule has 3 amide bonds. The average Bonchev–Trinajstić information content (AvgIpc) is 3.42. The SMILES string of the molecule is CC(OCC(O)CN1C(=O)NC(C)(c2cccc(-n3cnnn3)c2)C1=O)c1ccc(Cl)cc1. The number of hydrogen-bond donors (Lipinski definition) is 2. The van der Waals surface area contributed by atoms with Gasteiger partial charge in [-0.1, -0.05) is 35.9 Å². The number of aliphatic hydroxyl groups is 1. The Kier molecular flexibility index (Phi) is 6.41. The monoisotopic (exact) mass is 470 g/mol. The van der Waals surface area contributed by atoms with Crippen LogP contribution in [-0.4, -0.2) is 61.4 Å². The Morgan fingerprint density at radius 1 is 1.21 bits per heavy atom. The van der Waals surface area contributed by atoms with Gasteiger partial charge in [0.2, 0.25) is 0 Å². The predicted molar refractivity (Wildman–Crippen MR) is 119 cm³/mol. The number of hydrogen-bond acceptors (Lipinski definition) is 7. The summed E-state index contributed by atoms with van der Waals surface area (Å²) in [5, 5.41) is 24.9. The number of tetrazole rings is 1. The Bertz CT molecular complexity index is 1140. The van der Waals surface area contributed by atoms with E-state index in [4.69, 9.17) is 16.3 Å². The van der Waals surface area contributed by atoms with E-state index in [2.05, 4.69) is 20.8 Å². The maximum absolute atomic E-state index is 13.2. The minimum absolute atomic E-state index is 0.0493. The van der Waals surface area contributed by atoms with Crippen LogP contribution < -0.4 is 5.32 Å². The van der Waals surface area contributed by atoms with Crippen LogP contribution in [-0.2, 0) is 15.1 Å². The molecule has 3 unspecified atom stereocenters. The Morgan fingerprint density at radius 3 is 2.67 bits per heavy atom. The molecule has 2 aromatic carbocycles. The fourth-order valence-electron chi connectivity index (χ4n) is 3.65. The third kappa shape index (κ3) is 4.72. The summed E-state index contributed by atoms with van der Waals surface area (Å²) in [7, 11) is 0. The van der Waals surface area contributed by atoms with Gasteiger partial charge in [-0.25, -0.2) is 9.48 Å². The molecule has 10 nitrogen and oxygen atoms in total. The van der Waals surface area contributed by atoms with Crippen molar-refractivity contribution in [2.75, 3.05) is 13.2 Å². The second-order valence-corrected chi connectivity index (χ2v) is 8.39. The van der Waals surface area contributed by atoms with Crippen LogP contribution in [0.2, 0.25) is 5.02 Å². The van der Waals surface area contributed by atoms with Gasteiger partial charge in [-0.3, -0.25) is 9.69 Å². The standard InChI is InChI=1S/C22H23ClN6O4/c1-14(15-6-8-17(23)9-7-15)33-12-19(30)11-28-20(31)22(2,25-21(28)32)16-4-3-5-18(10-16)29-13-24-26-27-29/h3-10,13-14,19,30H,11-12H2,1-2H3,(H,25,32). The molecule has 4 rings (SSSR count). The molecule has 0 radical (unpaired) electrons. The fraction of sp³-hybridized carbons (Fsp3) is 0.318. The molecule has 0 spiro atoms. The number of β-amino-alcohol motifs (C(OH)–C–C–N with tert-alkyl or cyclic N) is 1. The molecule has 1 fully saturated rings. The van der Waals surface area contributed by atoms with Crippen molar-refractivity contribution in [1.82, 2.24) is 30.4 Å². The number of nitrogens with zero attached hydrogens (tertiary/aromatic N) is 5. The Balaban J connectivity index is 1.41. The van der Waals surface area contributed by atoms with Gasteiger partial charge in [-0.05, 0) is 59.7 Å². The number of carbonyl (C=O) groups excluding carboxylic acids is 2. The zero-order chi connectivity index (χ0) is 23.6. The number of aromatic nitrogens is 4. The van der Waals surface area contributed by atoms with Crippen LogP contribution in [0.4, 0.5) is 4.79 Å². The number of nitrogens with one attached hydrogen (secondary N) is 1. The van der Waals surface area contributed by atoms with Crippen LogP contribution >= 0.6 is 11.6 Å². The van der Waals surface area contributed by atoms with Crippen molar-refractivity contribution in [2.45, 2.75) is 31.6 Å². The smallest absolute Gasteiger partial charge is 0.325 e. The minimum atomic E-state index is -1.29. The lowest BCUT2D eigenvalue weighted by Gasteiger charge is -2.24. The summed E-state index contributed by atoms with van der Waals surface area (Å²) in [6.07, 6.45) is 0.0909. The molecule has 11 heteroatoms. The third-order valence-corrected chi connectivity index (χ3v) is 5.84. The summed E-state index contributed by atoms with van der Waals surface area (Å²) in [6.45, 7) is 3.22. The van der Waals surface area contributed by atoms with Crippen LogP contribution in [0.15, 0.2) is 54.9 Å². The first-order chi connectivity index (χ1) is 15.8. The quantitative estimate of drug-likeness (QED) is 0.484. The number of carbonyl (C=O) groups is 2. The van der Waals surface area contributed by atoms with Gasteiger partial charge in [0.25, 0.3) is 5.91 Å². The highest BCUT2D eigenvalue weighted by Gasteiger charge is 2.49. The number of benzene rings is 2. The van der Waals surface area contributed by atoms with E-state index in [0.29, 0.717) is 16.3 Å². The van der Waals surface area contributed by atoms with E-state index in [-0.39, 0.29) is 19.3 Å². The summed E-state index contributed by atoms with van der Waals surface area (Å²) < 4.78 is 7.17. The maximum Gasteiger partial charge on any atom is 0.325 e. The number of urea groups is 1. The third-order valence-electron chi connectivity index (χ3n) is 5.58. The van der Waals surface area contributed by atoms with Crippen molar-refractivity contribution >= 4 is 23.5 Å². The normalized spacial score (nSPS) is 20.1. The van der Waals surface area contributed by atoms with Crippen molar-refractivity contribution < 1.29 is 19.4 Å². The largest absolute Gasteiger partial charge is 0.389 e. The summed E-state index contributed by atoms with van der Waals surface area (Å²) in [5.74, 6) is -0.467. The number of halogens is 1. The van der Waals surface area contributed by atoms with Crippen LogP contribution in [0, 0.1) is 0 Å². The number of rotatable bonds is 8. The molecule has 1 aromatic heterocycles. The topological polar surface area (TPSA) is 122 Å². The molecule has 0 saturated carbocycles. The molecule has 1 aliphatic rings. The molecule has 172 valence electrons. The van der Waals surface area contributed by atoms with Crippen LogP contribution in [0.5, 0.6) is 0 Å². The van der Waals surface area contributed by atoms with E-state index in [1.165, 1.54) is 11.0 Å². The first-order valence-corrected chi connectivity index (χ1v) is 10.7. The van der Waals surface area contributed by atoms with Gasteiger partial charge in [0.1, 0.15) is 11.9 Å². The highest BCUT2D eigenvalue weighted by molar-refractivity contribution is 6.30. The number of amides is 3. The second-order valence-electron chi connectivity index (χ2n) is 7.96. The lowest BCUT2D eigenvalue weighted by Crippen LogP contribution is -2.42. The van der Waals surface area contributed by atoms with Crippen molar-refractivity contribution in [1.29, 1.82) is 0 Å². The van der Waals surface area contributed by atoms with Crippen LogP contribution in [0.3, 0.4) is 0 Å². The van der Waals surface area contributed by atoms with E-state index < -0.39 is 23.6 Å². The summed E-state index contributed by atoms with van der Waals surface area (Å²) in [5.41, 5.74) is 0.817. The molecule has 1 aliphatic heterocycles. The number of imide groups is 1. The van der Waals surface area contributed by atoms with E-state index in [0.717, 1.165) is 10.5 Å². The molecular formula is C22H23ClN6O4. The van der Waals surface area contributed by atoms with Gasteiger partial charge in [0, 0.05) is 5.02 Å². The van der Waals surface area contributed by atoms with Gasteiger partial charge in [0.05, 0.1) is 31.0 Å². The highest BCUT2D eigenvalue weighted by atomic mass is 35.5. The lowest BCUT2D eigenvalue weighted by molar-refractivity contribution is -0.132. The van der Waals surface area contributed by atoms with Gasteiger partial charge < -0.3 is 15.2 Å². The molecular weight excluding hydrogens is 448 g/mol. The first-order valence-electron chi connectivity index (χ1n) is 10.3. The lowest BCUT2D eigenvalue weighted by atomic mass is 9.91. The Hall–Kier alpha value is -3.34. The average molecular weight is 471 g/mol. The minimum Gasteiger partial charge on any atom is -0.389 e. The molecule has 3 aromatic rings. The van der Waals surface area contributed by atoms with Gasteiger partial charge in [-0.2, -0.15) is 0 Å². The van der Waals surface area contributed by atoms with E-state index in [1.54, 1.807) is 43.3 Å². The van der Waals surface area contributed by atoms with E-state index in [1.807, 2.05) is 19.1 Å². The molecule has 33 heavy (non-hydrogen) atoms. The molecule has 2 N–H and O–H groups in total. The molecule has 2 heterocycles. The van der Waals surface area contributed by atoms with Crippen molar-refractivity contribution in [3.8, 4) is 5.69 Å². The van der Waals surface area contributed by atoms with Crippen LogP contribution in [0.1, 0.15) is 31.1 Å². The zero-order valence-electron chi connectivity index (χ0n) is 18.1. The molecule has 3 atom stereocenters. The van der Waals surface area contributed by atoms with Gasteiger partial charge >= 0.3 is 6.03 Å². The number of ether oxygens (including phenoxy) is 1. The fourth-order valence-corrected chi connectivity index (χ4v) is 3.77. The Labute approximate surface area is 195 Å². The first kappa shape index (κ1) is 22.8. The van der Waals surface area contributed by atoms with Crippen molar-refractivity contribution in [3.05, 3.63) is 71.0 Å². The number of aliphatic hydroxyl groups excluding tert-OH is 1. The van der Waals surface area contributed by atoms with Gasteiger partial charge in [-0.15, -0.1) is 5.10 Å². The van der Waals surface area contributed by atoms with E-state index >= 15 is 0 Å². The molecule has 0 bridgehead atoms. The maximum atomic E-state index is 13.2. The van der Waals surface area contributed by atoms with Crippen molar-refractivity contribution in [3.63, 3.8) is 0 Å². The van der Waals surface area contributed by atoms with E-state index in [9.17, 15) is 14.7 Å². The zero-order valence-corrected chi connectivity index (χ0v) is 18.8. The predicted octanol–water partition coefficient (Wildman–Crippen LogP) is 2.22. The van der Waals surface area contributed by atoms with Crippen LogP contribution in [0.25, 0.3) is 5.69 Å². The second kappa shape index (κ2) is 9.26.